The summed E-state index contributed by atoms with van der Waals surface area (Å²) in [5.74, 6) is -3.03. The number of anilines is 2. The molecule has 0 atom stereocenters. The van der Waals surface area contributed by atoms with Gasteiger partial charge in [-0.05, 0) is 12.8 Å². The molecular formula is C13H17F2N5O. The fourth-order valence-electron chi connectivity index (χ4n) is 2.88. The third-order valence-electron chi connectivity index (χ3n) is 4.08. The standard InChI is InChI=1S/C13H17F2N5O/c14-13(15)7-20(8-13)12(21)9-1-3-19(4-2-9)11-6-18-17-5-10(11)16/h5-6,9H,1-4,7-8H2,(H2,16,18). The molecule has 8 heteroatoms. The lowest BCUT2D eigenvalue weighted by molar-refractivity contribution is -0.170. The van der Waals surface area contributed by atoms with Crippen molar-refractivity contribution in [2.24, 2.45) is 5.92 Å². The van der Waals surface area contributed by atoms with Crippen LogP contribution < -0.4 is 10.6 Å². The average Bonchev–Trinajstić information content (AvgIpc) is 2.45. The third kappa shape index (κ3) is 2.74. The summed E-state index contributed by atoms with van der Waals surface area (Å²) in [6.45, 7) is 0.452. The van der Waals surface area contributed by atoms with Gasteiger partial charge in [-0.25, -0.2) is 8.78 Å². The number of alkyl halides is 2. The number of carbonyl (C=O) groups excluding carboxylic acids is 1. The van der Waals surface area contributed by atoms with Crippen LogP contribution in [0.5, 0.6) is 0 Å². The number of nitrogens with two attached hydrogens (primary N) is 1. The van der Waals surface area contributed by atoms with Gasteiger partial charge < -0.3 is 15.5 Å². The summed E-state index contributed by atoms with van der Waals surface area (Å²) in [6.07, 6.45) is 4.38. The van der Waals surface area contributed by atoms with Crippen molar-refractivity contribution in [2.45, 2.75) is 18.8 Å². The third-order valence-corrected chi connectivity index (χ3v) is 4.08. The van der Waals surface area contributed by atoms with Crippen LogP contribution in [0.25, 0.3) is 0 Å². The Balaban J connectivity index is 1.56. The first kappa shape index (κ1) is 14.0. The fraction of sp³-hybridized carbons (Fsp3) is 0.615. The van der Waals surface area contributed by atoms with Crippen LogP contribution in [0, 0.1) is 5.92 Å². The zero-order valence-electron chi connectivity index (χ0n) is 11.5. The lowest BCUT2D eigenvalue weighted by atomic mass is 9.93. The molecule has 0 aromatic carbocycles. The first-order chi connectivity index (χ1) is 9.96. The number of nitrogens with zero attached hydrogens (tertiary/aromatic N) is 4. The molecule has 0 aliphatic carbocycles. The SMILES string of the molecule is Nc1cnncc1N1CCC(C(=O)N2CC(F)(F)C2)CC1. The van der Waals surface area contributed by atoms with Crippen LogP contribution in [0.1, 0.15) is 12.8 Å². The number of aromatic nitrogens is 2. The van der Waals surface area contributed by atoms with E-state index in [0.717, 1.165) is 5.69 Å². The van der Waals surface area contributed by atoms with Crippen molar-refractivity contribution in [1.29, 1.82) is 0 Å². The van der Waals surface area contributed by atoms with Crippen molar-refractivity contribution in [3.8, 4) is 0 Å². The Labute approximate surface area is 120 Å². The Morgan fingerprint density at radius 1 is 1.24 bits per heavy atom. The summed E-state index contributed by atoms with van der Waals surface area (Å²) in [5, 5.41) is 7.52. The molecule has 1 amide bonds. The largest absolute Gasteiger partial charge is 0.396 e. The number of carbonyl (C=O) groups is 1. The number of nitrogen functional groups attached to an aromatic ring is 1. The van der Waals surface area contributed by atoms with Crippen molar-refractivity contribution in [2.75, 3.05) is 36.8 Å². The highest BCUT2D eigenvalue weighted by Crippen LogP contribution is 2.32. The first-order valence-corrected chi connectivity index (χ1v) is 6.94. The number of halogens is 2. The second-order valence-corrected chi connectivity index (χ2v) is 5.64. The molecule has 0 unspecified atom stereocenters. The summed E-state index contributed by atoms with van der Waals surface area (Å²) in [4.78, 5) is 15.4. The molecule has 0 bridgehead atoms. The van der Waals surface area contributed by atoms with E-state index in [9.17, 15) is 13.6 Å². The predicted octanol–water partition coefficient (Wildman–Crippen LogP) is 0.753. The van der Waals surface area contributed by atoms with Crippen LogP contribution >= 0.6 is 0 Å². The Bertz CT molecular complexity index is 537. The van der Waals surface area contributed by atoms with Crippen LogP contribution in [0.4, 0.5) is 20.2 Å². The zero-order chi connectivity index (χ0) is 15.0. The van der Waals surface area contributed by atoms with Gasteiger partial charge in [0.2, 0.25) is 5.91 Å². The second-order valence-electron chi connectivity index (χ2n) is 5.64. The van der Waals surface area contributed by atoms with E-state index in [-0.39, 0.29) is 11.8 Å². The highest BCUT2D eigenvalue weighted by Gasteiger charge is 2.47. The molecule has 2 saturated heterocycles. The molecule has 114 valence electrons. The molecule has 1 aromatic heterocycles. The van der Waals surface area contributed by atoms with Gasteiger partial charge in [0.1, 0.15) is 0 Å². The van der Waals surface area contributed by atoms with Crippen molar-refractivity contribution in [1.82, 2.24) is 15.1 Å². The molecule has 6 nitrogen and oxygen atoms in total. The Morgan fingerprint density at radius 3 is 2.43 bits per heavy atom. The molecule has 0 saturated carbocycles. The molecular weight excluding hydrogens is 280 g/mol. The van der Waals surface area contributed by atoms with E-state index in [1.807, 2.05) is 0 Å². The normalized spacial score (nSPS) is 22.0. The van der Waals surface area contributed by atoms with Crippen LogP contribution in [-0.2, 0) is 4.79 Å². The molecule has 0 radical (unpaired) electrons. The van der Waals surface area contributed by atoms with E-state index in [2.05, 4.69) is 15.1 Å². The summed E-state index contributed by atoms with van der Waals surface area (Å²) in [6, 6.07) is 0. The van der Waals surface area contributed by atoms with Crippen LogP contribution in [-0.4, -0.2) is 53.1 Å². The van der Waals surface area contributed by atoms with Gasteiger partial charge in [-0.3, -0.25) is 4.79 Å². The summed E-state index contributed by atoms with van der Waals surface area (Å²) < 4.78 is 25.6. The van der Waals surface area contributed by atoms with Crippen molar-refractivity contribution >= 4 is 17.3 Å². The number of rotatable bonds is 2. The average molecular weight is 297 g/mol. The Hall–Kier alpha value is -1.99. The van der Waals surface area contributed by atoms with Gasteiger partial charge in [-0.1, -0.05) is 0 Å². The molecule has 3 rings (SSSR count). The molecule has 2 N–H and O–H groups in total. The van der Waals surface area contributed by atoms with Crippen LogP contribution in [0.15, 0.2) is 12.4 Å². The second kappa shape index (κ2) is 5.09. The van der Waals surface area contributed by atoms with E-state index >= 15 is 0 Å². The van der Waals surface area contributed by atoms with Gasteiger partial charge in [0.15, 0.2) is 0 Å². The minimum absolute atomic E-state index is 0.151. The van der Waals surface area contributed by atoms with Gasteiger partial charge in [0.25, 0.3) is 5.92 Å². The summed E-state index contributed by atoms with van der Waals surface area (Å²) in [5.41, 5.74) is 7.22. The van der Waals surface area contributed by atoms with E-state index in [1.54, 1.807) is 6.20 Å². The molecule has 21 heavy (non-hydrogen) atoms. The quantitative estimate of drug-likeness (QED) is 0.872. The van der Waals surface area contributed by atoms with E-state index in [0.29, 0.717) is 31.6 Å². The number of amides is 1. The van der Waals surface area contributed by atoms with E-state index in [1.165, 1.54) is 11.1 Å². The monoisotopic (exact) mass is 297 g/mol. The van der Waals surface area contributed by atoms with Gasteiger partial charge in [0, 0.05) is 19.0 Å². The molecule has 2 fully saturated rings. The first-order valence-electron chi connectivity index (χ1n) is 6.94. The van der Waals surface area contributed by atoms with Gasteiger partial charge in [-0.15, -0.1) is 0 Å². The zero-order valence-corrected chi connectivity index (χ0v) is 11.5. The smallest absolute Gasteiger partial charge is 0.282 e. The Morgan fingerprint density at radius 2 is 1.86 bits per heavy atom. The minimum Gasteiger partial charge on any atom is -0.396 e. The van der Waals surface area contributed by atoms with Crippen LogP contribution in [0.2, 0.25) is 0 Å². The topological polar surface area (TPSA) is 75.3 Å². The maximum absolute atomic E-state index is 12.8. The maximum atomic E-state index is 12.8. The number of piperidine rings is 1. The predicted molar refractivity (Wildman–Crippen MR) is 72.9 cm³/mol. The fourth-order valence-corrected chi connectivity index (χ4v) is 2.88. The number of hydrogen-bond donors (Lipinski definition) is 1. The minimum atomic E-state index is -2.70. The lowest BCUT2D eigenvalue weighted by Gasteiger charge is -2.42. The number of hydrogen-bond acceptors (Lipinski definition) is 5. The molecule has 0 spiro atoms. The van der Waals surface area contributed by atoms with E-state index in [4.69, 9.17) is 5.73 Å². The lowest BCUT2D eigenvalue weighted by Crippen LogP contribution is -2.60. The molecule has 3 heterocycles. The van der Waals surface area contributed by atoms with Gasteiger partial charge in [0.05, 0.1) is 36.9 Å². The highest BCUT2D eigenvalue weighted by molar-refractivity contribution is 5.80. The van der Waals surface area contributed by atoms with Crippen molar-refractivity contribution < 1.29 is 13.6 Å². The van der Waals surface area contributed by atoms with Crippen molar-refractivity contribution in [3.05, 3.63) is 12.4 Å². The summed E-state index contributed by atoms with van der Waals surface area (Å²) in [7, 11) is 0. The molecule has 1 aromatic rings. The Kier molecular flexibility index (Phi) is 3.38. The van der Waals surface area contributed by atoms with Crippen molar-refractivity contribution in [3.63, 3.8) is 0 Å². The molecule has 2 aliphatic rings. The van der Waals surface area contributed by atoms with Crippen LogP contribution in [0.3, 0.4) is 0 Å². The molecule has 2 aliphatic heterocycles. The highest BCUT2D eigenvalue weighted by atomic mass is 19.3. The summed E-state index contributed by atoms with van der Waals surface area (Å²) >= 11 is 0. The number of likely N-dealkylation sites (tertiary alicyclic amines) is 1. The maximum Gasteiger partial charge on any atom is 0.282 e. The van der Waals surface area contributed by atoms with Gasteiger partial charge >= 0.3 is 0 Å². The van der Waals surface area contributed by atoms with E-state index < -0.39 is 19.0 Å². The van der Waals surface area contributed by atoms with Gasteiger partial charge in [-0.2, -0.15) is 10.2 Å².